The molecule has 34 heavy (non-hydrogen) atoms. The van der Waals surface area contributed by atoms with Crippen molar-refractivity contribution >= 4 is 33.7 Å². The second-order valence-corrected chi connectivity index (χ2v) is 8.84. The fraction of sp³-hybridized carbons (Fsp3) is 0.417. The Hall–Kier alpha value is -2.98. The van der Waals surface area contributed by atoms with Crippen LogP contribution >= 0.6 is 15.9 Å². The molecule has 0 bridgehead atoms. The van der Waals surface area contributed by atoms with E-state index in [0.29, 0.717) is 28.6 Å². The zero-order valence-electron chi connectivity index (χ0n) is 19.1. The van der Waals surface area contributed by atoms with Gasteiger partial charge in [0.1, 0.15) is 6.61 Å². The van der Waals surface area contributed by atoms with Crippen molar-refractivity contribution in [2.75, 3.05) is 13.2 Å². The molecule has 0 aromatic heterocycles. The van der Waals surface area contributed by atoms with Crippen LogP contribution in [0.5, 0.6) is 11.5 Å². The maximum atomic E-state index is 12.1. The Balaban J connectivity index is 1.58. The number of nitro benzene ring substituents is 1. The van der Waals surface area contributed by atoms with Gasteiger partial charge in [-0.15, -0.1) is 0 Å². The van der Waals surface area contributed by atoms with Gasteiger partial charge in [0.2, 0.25) is 0 Å². The molecule has 0 atom stereocenters. The molecule has 2 aromatic carbocycles. The minimum absolute atomic E-state index is 0.0282. The maximum absolute atomic E-state index is 12.1. The average molecular weight is 533 g/mol. The normalized spacial score (nSPS) is 14.2. The highest BCUT2D eigenvalue weighted by Gasteiger charge is 2.15. The lowest BCUT2D eigenvalue weighted by atomic mass is 9.95. The molecule has 9 nitrogen and oxygen atoms in total. The van der Waals surface area contributed by atoms with Gasteiger partial charge in [0.05, 0.1) is 28.8 Å². The molecule has 2 aromatic rings. The SMILES string of the molecule is CCOc1cc(/C=N\NC(=O)CNC2CCCCC2)cc(Br)c1OCc1ccc([N+](=O)[O-])cc1. The zero-order valence-corrected chi connectivity index (χ0v) is 20.7. The molecule has 1 amide bonds. The van der Waals surface area contributed by atoms with Crippen LogP contribution in [0.3, 0.4) is 0 Å². The summed E-state index contributed by atoms with van der Waals surface area (Å²) in [5.41, 5.74) is 4.08. The number of hydrogen-bond acceptors (Lipinski definition) is 7. The molecule has 0 spiro atoms. The molecule has 0 saturated heterocycles. The van der Waals surface area contributed by atoms with E-state index in [1.165, 1.54) is 31.4 Å². The smallest absolute Gasteiger partial charge is 0.269 e. The molecule has 1 aliphatic rings. The molecule has 2 N–H and O–H groups in total. The van der Waals surface area contributed by atoms with Crippen LogP contribution in [-0.4, -0.2) is 36.2 Å². The van der Waals surface area contributed by atoms with Crippen LogP contribution in [0.25, 0.3) is 0 Å². The molecular weight excluding hydrogens is 504 g/mol. The van der Waals surface area contributed by atoms with E-state index >= 15 is 0 Å². The van der Waals surface area contributed by atoms with E-state index in [1.807, 2.05) is 13.0 Å². The fourth-order valence-electron chi connectivity index (χ4n) is 3.70. The Morgan fingerprint density at radius 2 is 1.94 bits per heavy atom. The quantitative estimate of drug-likeness (QED) is 0.246. The van der Waals surface area contributed by atoms with Crippen LogP contribution in [-0.2, 0) is 11.4 Å². The van der Waals surface area contributed by atoms with E-state index in [1.54, 1.807) is 24.4 Å². The molecule has 0 radical (unpaired) electrons. The van der Waals surface area contributed by atoms with Crippen LogP contribution in [0.15, 0.2) is 46.0 Å². The van der Waals surface area contributed by atoms with Crippen LogP contribution in [0, 0.1) is 10.1 Å². The van der Waals surface area contributed by atoms with Gasteiger partial charge in [0.15, 0.2) is 11.5 Å². The molecule has 3 rings (SSSR count). The summed E-state index contributed by atoms with van der Waals surface area (Å²) in [6, 6.07) is 10.2. The fourth-order valence-corrected chi connectivity index (χ4v) is 4.27. The number of rotatable bonds is 11. The standard InChI is InChI=1S/C24H29BrN4O5/c1-2-33-22-13-18(14-27-28-23(30)15-26-19-6-4-3-5-7-19)12-21(25)24(22)34-16-17-8-10-20(11-9-17)29(31)32/h8-14,19,26H,2-7,15-16H2,1H3,(H,28,30)/b27-14-. The number of halogens is 1. The largest absolute Gasteiger partial charge is 0.490 e. The van der Waals surface area contributed by atoms with Gasteiger partial charge in [-0.2, -0.15) is 5.10 Å². The van der Waals surface area contributed by atoms with Gasteiger partial charge in [-0.05, 0) is 71.1 Å². The Bertz CT molecular complexity index is 1010. The highest BCUT2D eigenvalue weighted by Crippen LogP contribution is 2.37. The Labute approximate surface area is 207 Å². The molecule has 1 saturated carbocycles. The van der Waals surface area contributed by atoms with E-state index in [0.717, 1.165) is 24.0 Å². The van der Waals surface area contributed by atoms with E-state index in [4.69, 9.17) is 9.47 Å². The molecular formula is C24H29BrN4O5. The lowest BCUT2D eigenvalue weighted by Gasteiger charge is -2.22. The number of non-ortho nitro benzene ring substituents is 1. The van der Waals surface area contributed by atoms with Gasteiger partial charge >= 0.3 is 0 Å². The Morgan fingerprint density at radius 1 is 1.21 bits per heavy atom. The lowest BCUT2D eigenvalue weighted by molar-refractivity contribution is -0.384. The predicted octanol–water partition coefficient (Wildman–Crippen LogP) is 4.71. The third kappa shape index (κ3) is 7.81. The van der Waals surface area contributed by atoms with Crippen LogP contribution < -0.4 is 20.2 Å². The number of hydrazone groups is 1. The highest BCUT2D eigenvalue weighted by atomic mass is 79.9. The van der Waals surface area contributed by atoms with Crippen molar-refractivity contribution < 1.29 is 19.2 Å². The van der Waals surface area contributed by atoms with Crippen molar-refractivity contribution in [2.45, 2.75) is 51.7 Å². The van der Waals surface area contributed by atoms with E-state index in [2.05, 4.69) is 31.8 Å². The Morgan fingerprint density at radius 3 is 2.62 bits per heavy atom. The number of nitrogens with zero attached hydrogens (tertiary/aromatic N) is 2. The van der Waals surface area contributed by atoms with Crippen molar-refractivity contribution in [3.8, 4) is 11.5 Å². The monoisotopic (exact) mass is 532 g/mol. The molecule has 10 heteroatoms. The second-order valence-electron chi connectivity index (χ2n) is 7.98. The average Bonchev–Trinajstić information content (AvgIpc) is 2.83. The third-order valence-electron chi connectivity index (χ3n) is 5.42. The van der Waals surface area contributed by atoms with Crippen molar-refractivity contribution in [3.63, 3.8) is 0 Å². The summed E-state index contributed by atoms with van der Waals surface area (Å²) in [5.74, 6) is 0.845. The van der Waals surface area contributed by atoms with Crippen LogP contribution in [0.2, 0.25) is 0 Å². The number of carbonyl (C=O) groups is 1. The summed E-state index contributed by atoms with van der Waals surface area (Å²) < 4.78 is 12.3. The minimum Gasteiger partial charge on any atom is -0.490 e. The zero-order chi connectivity index (χ0) is 24.3. The number of amides is 1. The van der Waals surface area contributed by atoms with E-state index < -0.39 is 4.92 Å². The van der Waals surface area contributed by atoms with E-state index in [-0.39, 0.29) is 24.7 Å². The molecule has 0 heterocycles. The minimum atomic E-state index is -0.440. The number of hydrogen-bond donors (Lipinski definition) is 2. The summed E-state index contributed by atoms with van der Waals surface area (Å²) >= 11 is 3.51. The van der Waals surface area contributed by atoms with Gasteiger partial charge in [0, 0.05) is 18.2 Å². The van der Waals surface area contributed by atoms with Gasteiger partial charge in [-0.1, -0.05) is 19.3 Å². The highest BCUT2D eigenvalue weighted by molar-refractivity contribution is 9.10. The number of nitrogens with one attached hydrogen (secondary N) is 2. The molecule has 1 fully saturated rings. The first-order valence-corrected chi connectivity index (χ1v) is 12.1. The Kier molecular flexibility index (Phi) is 9.84. The van der Waals surface area contributed by atoms with Gasteiger partial charge in [0.25, 0.3) is 11.6 Å². The van der Waals surface area contributed by atoms with Crippen molar-refractivity contribution in [2.24, 2.45) is 5.10 Å². The first-order chi connectivity index (χ1) is 16.5. The first kappa shape index (κ1) is 25.6. The summed E-state index contributed by atoms with van der Waals surface area (Å²) in [7, 11) is 0. The topological polar surface area (TPSA) is 115 Å². The maximum Gasteiger partial charge on any atom is 0.269 e. The third-order valence-corrected chi connectivity index (χ3v) is 6.01. The first-order valence-electron chi connectivity index (χ1n) is 11.3. The number of carbonyl (C=O) groups excluding carboxylic acids is 1. The molecule has 1 aliphatic carbocycles. The summed E-state index contributed by atoms with van der Waals surface area (Å²) in [5, 5.41) is 18.2. The summed E-state index contributed by atoms with van der Waals surface area (Å²) in [4.78, 5) is 22.4. The van der Waals surface area contributed by atoms with Crippen molar-refractivity contribution in [1.82, 2.24) is 10.7 Å². The van der Waals surface area contributed by atoms with Gasteiger partial charge in [-0.3, -0.25) is 14.9 Å². The van der Waals surface area contributed by atoms with Crippen LogP contribution in [0.4, 0.5) is 5.69 Å². The molecule has 0 unspecified atom stereocenters. The molecule has 182 valence electrons. The lowest BCUT2D eigenvalue weighted by Crippen LogP contribution is -2.38. The molecule has 0 aliphatic heterocycles. The van der Waals surface area contributed by atoms with Gasteiger partial charge < -0.3 is 14.8 Å². The number of ether oxygens (including phenoxy) is 2. The predicted molar refractivity (Wildman–Crippen MR) is 133 cm³/mol. The van der Waals surface area contributed by atoms with Crippen molar-refractivity contribution in [3.05, 3.63) is 62.1 Å². The van der Waals surface area contributed by atoms with E-state index in [9.17, 15) is 14.9 Å². The summed E-state index contributed by atoms with van der Waals surface area (Å²) in [6.45, 7) is 2.76. The number of nitro groups is 1. The van der Waals surface area contributed by atoms with Gasteiger partial charge in [-0.25, -0.2) is 5.43 Å². The second kappa shape index (κ2) is 13.0. The number of benzene rings is 2. The van der Waals surface area contributed by atoms with Crippen LogP contribution in [0.1, 0.15) is 50.2 Å². The summed E-state index contributed by atoms with van der Waals surface area (Å²) in [6.07, 6.45) is 7.47. The van der Waals surface area contributed by atoms with Crippen molar-refractivity contribution in [1.29, 1.82) is 0 Å².